The quantitative estimate of drug-likeness (QED) is 0.358. The van der Waals surface area contributed by atoms with Crippen LogP contribution in [-0.4, -0.2) is 16.0 Å². The lowest BCUT2D eigenvalue weighted by Gasteiger charge is -2.29. The zero-order chi connectivity index (χ0) is 18.9. The number of hydrogen-bond donors (Lipinski definition) is 0. The van der Waals surface area contributed by atoms with E-state index in [2.05, 4.69) is 44.0 Å². The molecule has 0 unspecified atom stereocenters. The molecule has 0 bridgehead atoms. The van der Waals surface area contributed by atoms with Crippen LogP contribution >= 0.6 is 25.8 Å². The van der Waals surface area contributed by atoms with Gasteiger partial charge in [0.05, 0.1) is 0 Å². The molecule has 0 nitrogen and oxygen atoms in total. The smallest absolute Gasteiger partial charge is 0.280 e. The Morgan fingerprint density at radius 1 is 0.593 bits per heavy atom. The van der Waals surface area contributed by atoms with Gasteiger partial charge in [0.2, 0.25) is 0 Å². The van der Waals surface area contributed by atoms with E-state index in [0.29, 0.717) is 0 Å². The van der Waals surface area contributed by atoms with Crippen LogP contribution in [0.5, 0.6) is 0 Å². The topological polar surface area (TPSA) is 0 Å². The molecule has 0 amide bonds. The highest BCUT2D eigenvalue weighted by atomic mass is 79.9. The Kier molecular flexibility index (Phi) is 10.6. The van der Waals surface area contributed by atoms with Crippen LogP contribution in [0.15, 0.2) is 12.1 Å². The van der Waals surface area contributed by atoms with Gasteiger partial charge in [0, 0.05) is 0 Å². The molecule has 0 aliphatic heterocycles. The van der Waals surface area contributed by atoms with Gasteiger partial charge in [-0.15, -0.1) is 0 Å². The molecule has 147 valence electrons. The van der Waals surface area contributed by atoms with E-state index in [1.54, 1.807) is 16.7 Å². The Morgan fingerprint density at radius 3 is 1.30 bits per heavy atom. The summed E-state index contributed by atoms with van der Waals surface area (Å²) in [4.78, 5) is 0. The fourth-order valence-electron chi connectivity index (χ4n) is 5.58. The van der Waals surface area contributed by atoms with Crippen molar-refractivity contribution in [1.82, 2.24) is 0 Å². The van der Waals surface area contributed by atoms with Crippen molar-refractivity contribution in [2.45, 2.75) is 114 Å². The highest BCUT2D eigenvalue weighted by Gasteiger charge is 2.23. The molecule has 4 rings (SSSR count). The highest BCUT2D eigenvalue weighted by Crippen LogP contribution is 2.41. The van der Waals surface area contributed by atoms with Crippen LogP contribution < -0.4 is 0 Å². The van der Waals surface area contributed by atoms with Crippen LogP contribution in [0.1, 0.15) is 131 Å². The SMILES string of the molecule is [Br][Mg][Br].[c]1c(C2CCCCC2)cc(C2CCCCC2)cc1C1CCCCC1. The molecule has 3 heteroatoms. The van der Waals surface area contributed by atoms with Crippen molar-refractivity contribution in [2.75, 3.05) is 0 Å². The summed E-state index contributed by atoms with van der Waals surface area (Å²) in [6.45, 7) is 0. The van der Waals surface area contributed by atoms with Crippen LogP contribution in [0.3, 0.4) is 0 Å². The standard InChI is InChI=1S/C24H35.2BrH.Mg/c1-4-10-19(11-5-1)22-16-23(20-12-6-2-7-13-20)18-24(17-22)21-14-8-3-9-15-21;;;/h16-17,19-21H,1-15H2;2*1H;/q;;;+2/p-2. The maximum atomic E-state index is 3.96. The summed E-state index contributed by atoms with van der Waals surface area (Å²) >= 11 is 6.44. The lowest BCUT2D eigenvalue weighted by atomic mass is 9.76. The molecule has 3 aliphatic carbocycles. The molecule has 27 heavy (non-hydrogen) atoms. The molecule has 1 aromatic rings. The molecule has 3 aliphatic rings. The van der Waals surface area contributed by atoms with Crippen molar-refractivity contribution in [3.8, 4) is 0 Å². The highest BCUT2D eigenvalue weighted by molar-refractivity contribution is 9.47. The summed E-state index contributed by atoms with van der Waals surface area (Å²) in [7, 11) is 0. The number of benzene rings is 1. The Balaban J connectivity index is 0.000000659. The van der Waals surface area contributed by atoms with Crippen LogP contribution in [0.4, 0.5) is 0 Å². The third kappa shape index (κ3) is 7.00. The van der Waals surface area contributed by atoms with Gasteiger partial charge < -0.3 is 0 Å². The van der Waals surface area contributed by atoms with E-state index in [-0.39, 0.29) is 16.0 Å². The van der Waals surface area contributed by atoms with Crippen molar-refractivity contribution in [1.29, 1.82) is 0 Å². The lowest BCUT2D eigenvalue weighted by molar-refractivity contribution is 0.427. The first kappa shape index (κ1) is 22.6. The number of rotatable bonds is 3. The third-order valence-electron chi connectivity index (χ3n) is 7.10. The van der Waals surface area contributed by atoms with E-state index in [9.17, 15) is 0 Å². The van der Waals surface area contributed by atoms with E-state index >= 15 is 0 Å². The molecule has 0 saturated heterocycles. The van der Waals surface area contributed by atoms with Gasteiger partial charge in [-0.3, -0.25) is 25.8 Å². The molecule has 1 radical (unpaired) electrons. The molecule has 3 fully saturated rings. The van der Waals surface area contributed by atoms with Gasteiger partial charge in [-0.25, -0.2) is 0 Å². The fourth-order valence-corrected chi connectivity index (χ4v) is 5.58. The third-order valence-corrected chi connectivity index (χ3v) is 7.10. The summed E-state index contributed by atoms with van der Waals surface area (Å²) in [5.41, 5.74) is 4.88. The Bertz CT molecular complexity index is 453. The van der Waals surface area contributed by atoms with Crippen LogP contribution in [-0.2, 0) is 0 Å². The first-order valence-electron chi connectivity index (χ1n) is 11.5. The van der Waals surface area contributed by atoms with Crippen molar-refractivity contribution < 1.29 is 0 Å². The second-order valence-electron chi connectivity index (χ2n) is 8.93. The molecule has 3 saturated carbocycles. The lowest BCUT2D eigenvalue weighted by Crippen LogP contribution is -2.12. The molecular weight excluding hydrogens is 472 g/mol. The molecular formula is C24H35Br2Mg. The minimum absolute atomic E-state index is 0.0417. The maximum absolute atomic E-state index is 3.96. The number of hydrogen-bond acceptors (Lipinski definition) is 0. The summed E-state index contributed by atoms with van der Waals surface area (Å²) < 4.78 is 0. The van der Waals surface area contributed by atoms with Gasteiger partial charge in [-0.2, -0.15) is 0 Å². The zero-order valence-electron chi connectivity index (χ0n) is 17.0. The van der Waals surface area contributed by atoms with Gasteiger partial charge in [0.15, 0.2) is 0 Å². The summed E-state index contributed by atoms with van der Waals surface area (Å²) in [5.74, 6) is 2.47. The van der Waals surface area contributed by atoms with Gasteiger partial charge in [-0.05, 0) is 79.0 Å². The van der Waals surface area contributed by atoms with Gasteiger partial charge >= 0.3 is 16.0 Å². The monoisotopic (exact) mass is 505 g/mol. The minimum Gasteiger partial charge on any atom is -0.280 e. The summed E-state index contributed by atoms with van der Waals surface area (Å²) in [6.07, 6.45) is 21.5. The van der Waals surface area contributed by atoms with Gasteiger partial charge in [-0.1, -0.05) is 69.9 Å². The Labute approximate surface area is 189 Å². The number of halogens is 2. The average Bonchev–Trinajstić information content (AvgIpc) is 2.76. The molecule has 0 heterocycles. The van der Waals surface area contributed by atoms with E-state index in [0.717, 1.165) is 17.8 Å². The van der Waals surface area contributed by atoms with Gasteiger partial charge in [0.25, 0.3) is 0 Å². The summed E-state index contributed by atoms with van der Waals surface area (Å²) in [5, 5.41) is 0. The predicted molar refractivity (Wildman–Crippen MR) is 126 cm³/mol. The van der Waals surface area contributed by atoms with Crippen LogP contribution in [0.2, 0.25) is 0 Å². The first-order valence-corrected chi connectivity index (χ1v) is 19.3. The first-order chi connectivity index (χ1) is 13.3. The summed E-state index contributed by atoms with van der Waals surface area (Å²) in [6, 6.07) is 9.15. The van der Waals surface area contributed by atoms with Crippen molar-refractivity contribution in [2.24, 2.45) is 0 Å². The predicted octanol–water partition coefficient (Wildman–Crippen LogP) is 8.94. The van der Waals surface area contributed by atoms with E-state index < -0.39 is 0 Å². The maximum Gasteiger partial charge on any atom is 0.560 e. The normalized spacial score (nSPS) is 22.6. The van der Waals surface area contributed by atoms with Crippen molar-refractivity contribution in [3.63, 3.8) is 0 Å². The molecule has 0 aromatic heterocycles. The van der Waals surface area contributed by atoms with E-state index in [1.807, 2.05) is 0 Å². The second kappa shape index (κ2) is 12.6. The van der Waals surface area contributed by atoms with Crippen molar-refractivity contribution >= 4 is 41.8 Å². The minimum atomic E-state index is 0.0417. The molecule has 0 spiro atoms. The van der Waals surface area contributed by atoms with Crippen LogP contribution in [0.25, 0.3) is 0 Å². The Morgan fingerprint density at radius 2 is 0.926 bits per heavy atom. The molecule has 0 N–H and O–H groups in total. The fraction of sp³-hybridized carbons (Fsp3) is 0.750. The van der Waals surface area contributed by atoms with E-state index in [1.165, 1.54) is 96.3 Å². The zero-order valence-corrected chi connectivity index (χ0v) is 21.5. The molecule has 1 aromatic carbocycles. The average molecular weight is 508 g/mol. The second-order valence-corrected chi connectivity index (χ2v) is 17.0. The molecule has 0 atom stereocenters. The Hall–Kier alpha value is 0.946. The van der Waals surface area contributed by atoms with E-state index in [4.69, 9.17) is 0 Å². The van der Waals surface area contributed by atoms with Crippen LogP contribution in [0, 0.1) is 6.07 Å². The largest absolute Gasteiger partial charge is 0.560 e. The van der Waals surface area contributed by atoms with Gasteiger partial charge in [0.1, 0.15) is 0 Å². The van der Waals surface area contributed by atoms with Crippen molar-refractivity contribution in [3.05, 3.63) is 34.9 Å².